The SMILES string of the molecule is CC(O)C1C(=O)N2C(C(=O)O)=C(SC3CNC(C(O)CC(=O)N4CCN(C(=N)N)CC4)C3)C(C)[C@@H]12. The minimum absolute atomic E-state index is 0.00159. The number of carboxylic acids is 1. The molecule has 3 fully saturated rings. The van der Waals surface area contributed by atoms with Gasteiger partial charge in [0.05, 0.1) is 30.6 Å². The average molecular weight is 511 g/mol. The summed E-state index contributed by atoms with van der Waals surface area (Å²) in [6.07, 6.45) is -1.19. The number of aliphatic hydroxyl groups is 2. The van der Waals surface area contributed by atoms with Crippen LogP contribution in [0.5, 0.6) is 0 Å². The van der Waals surface area contributed by atoms with Crippen molar-refractivity contribution in [3.05, 3.63) is 10.6 Å². The number of nitrogens with zero attached hydrogens (tertiary/aromatic N) is 3. The number of nitrogens with two attached hydrogens (primary N) is 1. The van der Waals surface area contributed by atoms with E-state index in [1.165, 1.54) is 16.7 Å². The van der Waals surface area contributed by atoms with Gasteiger partial charge in [-0.15, -0.1) is 11.8 Å². The lowest BCUT2D eigenvalue weighted by Gasteiger charge is -2.46. The fourth-order valence-corrected chi connectivity index (χ4v) is 7.11. The van der Waals surface area contributed by atoms with Crippen LogP contribution in [0.3, 0.4) is 0 Å². The molecule has 0 aromatic heterocycles. The van der Waals surface area contributed by atoms with Crippen molar-refractivity contribution in [1.29, 1.82) is 5.41 Å². The summed E-state index contributed by atoms with van der Waals surface area (Å²) in [5, 5.41) is 41.2. The summed E-state index contributed by atoms with van der Waals surface area (Å²) < 4.78 is 0. The highest BCUT2D eigenvalue weighted by Crippen LogP contribution is 2.51. The van der Waals surface area contributed by atoms with Crippen molar-refractivity contribution >= 4 is 35.5 Å². The zero-order valence-corrected chi connectivity index (χ0v) is 20.7. The predicted molar refractivity (Wildman–Crippen MR) is 128 cm³/mol. The Labute approximate surface area is 208 Å². The number of amides is 2. The quantitative estimate of drug-likeness (QED) is 0.132. The number of piperazine rings is 1. The molecule has 0 aliphatic carbocycles. The Morgan fingerprint density at radius 3 is 2.43 bits per heavy atom. The lowest BCUT2D eigenvalue weighted by atomic mass is 9.79. The molecule has 194 valence electrons. The molecule has 0 saturated carbocycles. The van der Waals surface area contributed by atoms with Crippen LogP contribution in [-0.2, 0) is 14.4 Å². The lowest BCUT2D eigenvalue weighted by Crippen LogP contribution is -2.63. The van der Waals surface area contributed by atoms with Gasteiger partial charge in [0.1, 0.15) is 5.70 Å². The number of guanidine groups is 1. The fourth-order valence-electron chi connectivity index (χ4n) is 5.62. The number of nitrogens with one attached hydrogen (secondary N) is 2. The fraction of sp³-hybridized carbons (Fsp3) is 0.727. The van der Waals surface area contributed by atoms with Gasteiger partial charge in [-0.25, -0.2) is 4.79 Å². The van der Waals surface area contributed by atoms with Crippen molar-refractivity contribution in [2.24, 2.45) is 17.6 Å². The molecular weight excluding hydrogens is 476 g/mol. The van der Waals surface area contributed by atoms with E-state index in [9.17, 15) is 29.7 Å². The van der Waals surface area contributed by atoms with Gasteiger partial charge in [0.25, 0.3) is 0 Å². The molecule has 0 radical (unpaired) electrons. The van der Waals surface area contributed by atoms with Gasteiger partial charge >= 0.3 is 5.97 Å². The molecule has 7 atom stereocenters. The van der Waals surface area contributed by atoms with Crippen LogP contribution < -0.4 is 11.1 Å². The largest absolute Gasteiger partial charge is 0.477 e. The van der Waals surface area contributed by atoms with Crippen LogP contribution in [-0.4, -0.2) is 116 Å². The predicted octanol–water partition coefficient (Wildman–Crippen LogP) is -1.61. The summed E-state index contributed by atoms with van der Waals surface area (Å²) in [6.45, 7) is 5.87. The molecule has 7 N–H and O–H groups in total. The second-order valence-corrected chi connectivity index (χ2v) is 11.1. The lowest BCUT2D eigenvalue weighted by molar-refractivity contribution is -0.163. The number of hydrogen-bond acceptors (Lipinski definition) is 8. The Balaban J connectivity index is 1.33. The normalized spacial score (nSPS) is 32.4. The second-order valence-electron chi connectivity index (χ2n) is 9.79. The maximum absolute atomic E-state index is 12.7. The van der Waals surface area contributed by atoms with Gasteiger partial charge in [0, 0.05) is 54.8 Å². The third-order valence-corrected chi connectivity index (χ3v) is 9.06. The van der Waals surface area contributed by atoms with E-state index in [1.54, 1.807) is 16.7 Å². The smallest absolute Gasteiger partial charge is 0.353 e. The summed E-state index contributed by atoms with van der Waals surface area (Å²) in [4.78, 5) is 42.5. The number of aliphatic hydroxyl groups excluding tert-OH is 2. The van der Waals surface area contributed by atoms with E-state index >= 15 is 0 Å². The van der Waals surface area contributed by atoms with Crippen molar-refractivity contribution in [1.82, 2.24) is 20.0 Å². The number of carbonyl (C=O) groups excluding carboxylic acids is 2. The highest BCUT2D eigenvalue weighted by molar-refractivity contribution is 8.03. The maximum atomic E-state index is 12.7. The molecule has 35 heavy (non-hydrogen) atoms. The van der Waals surface area contributed by atoms with Crippen molar-refractivity contribution in [3.63, 3.8) is 0 Å². The van der Waals surface area contributed by atoms with E-state index in [0.717, 1.165) is 0 Å². The minimum Gasteiger partial charge on any atom is -0.477 e. The van der Waals surface area contributed by atoms with E-state index < -0.39 is 24.1 Å². The molecule has 4 aliphatic heterocycles. The van der Waals surface area contributed by atoms with Crippen LogP contribution in [0, 0.1) is 17.2 Å². The molecule has 6 unspecified atom stereocenters. The zero-order chi connectivity index (χ0) is 25.6. The van der Waals surface area contributed by atoms with E-state index in [0.29, 0.717) is 44.0 Å². The number of fused-ring (bicyclic) bond motifs is 1. The summed E-state index contributed by atoms with van der Waals surface area (Å²) in [5.41, 5.74) is 5.49. The van der Waals surface area contributed by atoms with Gasteiger partial charge in [-0.05, 0) is 13.3 Å². The van der Waals surface area contributed by atoms with Crippen LogP contribution >= 0.6 is 11.8 Å². The van der Waals surface area contributed by atoms with Gasteiger partial charge in [-0.3, -0.25) is 15.0 Å². The molecule has 0 aromatic rings. The third kappa shape index (κ3) is 4.74. The molecular formula is C22H34N6O6S. The summed E-state index contributed by atoms with van der Waals surface area (Å²) >= 11 is 1.41. The number of hydrogen-bond donors (Lipinski definition) is 6. The number of aliphatic carboxylic acids is 1. The Morgan fingerprint density at radius 2 is 1.86 bits per heavy atom. The average Bonchev–Trinajstić information content (AvgIpc) is 3.35. The zero-order valence-electron chi connectivity index (χ0n) is 19.9. The molecule has 0 aromatic carbocycles. The van der Waals surface area contributed by atoms with Crippen molar-refractivity contribution in [2.75, 3.05) is 32.7 Å². The first-order chi connectivity index (χ1) is 16.5. The number of carbonyl (C=O) groups is 3. The number of carboxylic acid groups (broad SMARTS) is 1. The Kier molecular flexibility index (Phi) is 7.32. The van der Waals surface area contributed by atoms with Gasteiger partial charge in [0.15, 0.2) is 5.96 Å². The van der Waals surface area contributed by atoms with Gasteiger partial charge in [-0.2, -0.15) is 0 Å². The summed E-state index contributed by atoms with van der Waals surface area (Å²) in [6, 6.07) is -0.655. The molecule has 3 saturated heterocycles. The summed E-state index contributed by atoms with van der Waals surface area (Å²) in [7, 11) is 0. The van der Waals surface area contributed by atoms with Gasteiger partial charge in [0.2, 0.25) is 11.8 Å². The number of thioether (sulfide) groups is 1. The van der Waals surface area contributed by atoms with Gasteiger partial charge < -0.3 is 41.1 Å². The molecule has 12 nitrogen and oxygen atoms in total. The summed E-state index contributed by atoms with van der Waals surface area (Å²) in [5.74, 6) is -2.47. The molecule has 0 bridgehead atoms. The molecule has 4 rings (SSSR count). The highest BCUT2D eigenvalue weighted by Gasteiger charge is 2.60. The van der Waals surface area contributed by atoms with Gasteiger partial charge in [-0.1, -0.05) is 6.92 Å². The standard InChI is InChI=1S/C22H34N6O6S/c1-10-17-16(11(2)29)20(32)28(17)18(21(33)34)19(10)35-12-7-13(25-9-12)14(30)8-15(31)26-3-5-27(6-4-26)22(23)24/h10-14,16-17,25,29-30H,3-9H2,1-2H3,(H3,23,24)(H,33,34)/t10?,11?,12?,13?,14?,16?,17-/m0/s1. The first kappa shape index (κ1) is 25.7. The molecule has 13 heteroatoms. The molecule has 2 amide bonds. The van der Waals surface area contributed by atoms with Crippen LogP contribution in [0.2, 0.25) is 0 Å². The second kappa shape index (κ2) is 9.96. The Morgan fingerprint density at radius 1 is 1.23 bits per heavy atom. The number of rotatable bonds is 7. The van der Waals surface area contributed by atoms with Crippen LogP contribution in [0.1, 0.15) is 26.7 Å². The van der Waals surface area contributed by atoms with Crippen molar-refractivity contribution in [3.8, 4) is 0 Å². The van der Waals surface area contributed by atoms with E-state index in [2.05, 4.69) is 5.32 Å². The van der Waals surface area contributed by atoms with Crippen molar-refractivity contribution < 1.29 is 29.7 Å². The van der Waals surface area contributed by atoms with Crippen molar-refractivity contribution in [2.45, 2.75) is 56.2 Å². The van der Waals surface area contributed by atoms with E-state index in [-0.39, 0.29) is 53.1 Å². The molecule has 4 heterocycles. The van der Waals surface area contributed by atoms with Crippen LogP contribution in [0.4, 0.5) is 0 Å². The first-order valence-corrected chi connectivity index (χ1v) is 12.8. The number of β-lactam (4-membered cyclic amide) rings is 1. The van der Waals surface area contributed by atoms with Crippen LogP contribution in [0.25, 0.3) is 0 Å². The topological polar surface area (TPSA) is 184 Å². The molecule has 4 aliphatic rings. The molecule has 0 spiro atoms. The van der Waals surface area contributed by atoms with E-state index in [1.807, 2.05) is 6.92 Å². The Hall–Kier alpha value is -2.35. The highest BCUT2D eigenvalue weighted by atomic mass is 32.2. The monoisotopic (exact) mass is 510 g/mol. The Bertz CT molecular complexity index is 935. The maximum Gasteiger partial charge on any atom is 0.353 e. The first-order valence-electron chi connectivity index (χ1n) is 11.9. The third-order valence-electron chi connectivity index (χ3n) is 7.55. The van der Waals surface area contributed by atoms with Crippen LogP contribution in [0.15, 0.2) is 10.6 Å². The van der Waals surface area contributed by atoms with E-state index in [4.69, 9.17) is 11.1 Å². The minimum atomic E-state index is -1.16.